The number of carboxylic acid groups (broad SMARTS) is 1. The Labute approximate surface area is 122 Å². The molecule has 20 heavy (non-hydrogen) atoms. The Morgan fingerprint density at radius 2 is 2.25 bits per heavy atom. The number of pyridine rings is 1. The number of rotatable bonds is 5. The van der Waals surface area contributed by atoms with Crippen LogP contribution >= 0.6 is 11.3 Å². The van der Waals surface area contributed by atoms with Crippen molar-refractivity contribution < 1.29 is 9.90 Å². The van der Waals surface area contributed by atoms with E-state index in [2.05, 4.69) is 29.8 Å². The molecule has 0 aliphatic carbocycles. The molecule has 2 rings (SSSR count). The fourth-order valence-corrected chi connectivity index (χ4v) is 2.77. The molecular weight excluding hydrogens is 272 g/mol. The minimum atomic E-state index is -0.940. The molecule has 2 heterocycles. The van der Waals surface area contributed by atoms with Crippen LogP contribution < -0.4 is 4.90 Å². The summed E-state index contributed by atoms with van der Waals surface area (Å²) in [7, 11) is 0. The van der Waals surface area contributed by atoms with Crippen LogP contribution in [0, 0.1) is 6.92 Å². The van der Waals surface area contributed by atoms with Crippen LogP contribution in [0.1, 0.15) is 34.8 Å². The Kier molecular flexibility index (Phi) is 4.39. The summed E-state index contributed by atoms with van der Waals surface area (Å²) in [6, 6.07) is 6.12. The first kappa shape index (κ1) is 14.5. The van der Waals surface area contributed by atoms with Crippen LogP contribution in [0.25, 0.3) is 0 Å². The monoisotopic (exact) mass is 290 g/mol. The molecule has 2 aromatic rings. The second-order valence-electron chi connectivity index (χ2n) is 4.95. The SMILES string of the molecule is Cc1cc(N(Cc2cccs2)C(C)C)c(C(=O)O)cn1. The lowest BCUT2D eigenvalue weighted by Gasteiger charge is -2.30. The Morgan fingerprint density at radius 1 is 1.50 bits per heavy atom. The van der Waals surface area contributed by atoms with E-state index < -0.39 is 5.97 Å². The van der Waals surface area contributed by atoms with Crippen LogP contribution in [0.4, 0.5) is 5.69 Å². The van der Waals surface area contributed by atoms with Crippen LogP contribution in [-0.4, -0.2) is 22.1 Å². The smallest absolute Gasteiger partial charge is 0.339 e. The summed E-state index contributed by atoms with van der Waals surface area (Å²) >= 11 is 1.68. The molecule has 2 aromatic heterocycles. The first-order valence-electron chi connectivity index (χ1n) is 6.48. The quantitative estimate of drug-likeness (QED) is 0.914. The van der Waals surface area contributed by atoms with Gasteiger partial charge in [-0.1, -0.05) is 6.07 Å². The largest absolute Gasteiger partial charge is 0.478 e. The van der Waals surface area contributed by atoms with E-state index in [9.17, 15) is 9.90 Å². The number of hydrogen-bond acceptors (Lipinski definition) is 4. The zero-order valence-electron chi connectivity index (χ0n) is 11.8. The van der Waals surface area contributed by atoms with Gasteiger partial charge >= 0.3 is 5.97 Å². The van der Waals surface area contributed by atoms with Gasteiger partial charge in [-0.3, -0.25) is 4.98 Å². The van der Waals surface area contributed by atoms with Gasteiger partial charge < -0.3 is 10.0 Å². The number of anilines is 1. The number of thiophene rings is 1. The molecule has 1 N–H and O–H groups in total. The third kappa shape index (κ3) is 3.17. The zero-order chi connectivity index (χ0) is 14.7. The van der Waals surface area contributed by atoms with Gasteiger partial charge in [-0.2, -0.15) is 0 Å². The number of aromatic nitrogens is 1. The van der Waals surface area contributed by atoms with E-state index in [1.807, 2.05) is 24.4 Å². The van der Waals surface area contributed by atoms with Gasteiger partial charge in [0, 0.05) is 22.8 Å². The average Bonchev–Trinajstić information content (AvgIpc) is 2.87. The fourth-order valence-electron chi connectivity index (χ4n) is 2.06. The highest BCUT2D eigenvalue weighted by atomic mass is 32.1. The van der Waals surface area contributed by atoms with Crippen molar-refractivity contribution in [1.29, 1.82) is 0 Å². The molecule has 0 bridgehead atoms. The third-order valence-corrected chi connectivity index (χ3v) is 3.95. The van der Waals surface area contributed by atoms with Crippen LogP contribution in [0.2, 0.25) is 0 Å². The molecule has 0 radical (unpaired) electrons. The van der Waals surface area contributed by atoms with Crippen molar-refractivity contribution in [3.05, 3.63) is 45.9 Å². The van der Waals surface area contributed by atoms with Gasteiger partial charge in [-0.05, 0) is 38.3 Å². The molecule has 0 aromatic carbocycles. The minimum Gasteiger partial charge on any atom is -0.478 e. The number of aryl methyl sites for hydroxylation is 1. The lowest BCUT2D eigenvalue weighted by molar-refractivity contribution is 0.0697. The Morgan fingerprint density at radius 3 is 2.80 bits per heavy atom. The van der Waals surface area contributed by atoms with Gasteiger partial charge in [-0.25, -0.2) is 4.79 Å². The van der Waals surface area contributed by atoms with E-state index >= 15 is 0 Å². The van der Waals surface area contributed by atoms with E-state index in [1.165, 1.54) is 11.1 Å². The summed E-state index contributed by atoms with van der Waals surface area (Å²) in [5.74, 6) is -0.940. The summed E-state index contributed by atoms with van der Waals surface area (Å²) in [6.45, 7) is 6.71. The Balaban J connectivity index is 2.43. The minimum absolute atomic E-state index is 0.206. The molecule has 0 fully saturated rings. The fraction of sp³-hybridized carbons (Fsp3) is 0.333. The third-order valence-electron chi connectivity index (χ3n) is 3.09. The maximum absolute atomic E-state index is 11.4. The average molecular weight is 290 g/mol. The van der Waals surface area contributed by atoms with Crippen LogP contribution in [-0.2, 0) is 6.54 Å². The number of hydrogen-bond donors (Lipinski definition) is 1. The van der Waals surface area contributed by atoms with Crippen LogP contribution in [0.3, 0.4) is 0 Å². The van der Waals surface area contributed by atoms with E-state index in [-0.39, 0.29) is 11.6 Å². The van der Waals surface area contributed by atoms with Crippen molar-refractivity contribution in [2.24, 2.45) is 0 Å². The van der Waals surface area contributed by atoms with E-state index in [4.69, 9.17) is 0 Å². The zero-order valence-corrected chi connectivity index (χ0v) is 12.6. The van der Waals surface area contributed by atoms with Crippen molar-refractivity contribution in [2.45, 2.75) is 33.4 Å². The highest BCUT2D eigenvalue weighted by Gasteiger charge is 2.19. The maximum Gasteiger partial charge on any atom is 0.339 e. The highest BCUT2D eigenvalue weighted by molar-refractivity contribution is 7.09. The Hall–Kier alpha value is -1.88. The standard InChI is InChI=1S/C15H18N2O2S/c1-10(2)17(9-12-5-4-6-20-12)14-7-11(3)16-8-13(14)15(18)19/h4-8,10H,9H2,1-3H3,(H,18,19). The maximum atomic E-state index is 11.4. The second kappa shape index (κ2) is 6.05. The molecule has 0 amide bonds. The second-order valence-corrected chi connectivity index (χ2v) is 5.98. The predicted molar refractivity (Wildman–Crippen MR) is 81.6 cm³/mol. The van der Waals surface area contributed by atoms with Gasteiger partial charge in [0.15, 0.2) is 0 Å². The molecule has 106 valence electrons. The van der Waals surface area contributed by atoms with E-state index in [0.29, 0.717) is 6.54 Å². The molecular formula is C15H18N2O2S. The van der Waals surface area contributed by atoms with Crippen LogP contribution in [0.5, 0.6) is 0 Å². The summed E-state index contributed by atoms with van der Waals surface area (Å²) in [5.41, 5.74) is 1.80. The van der Waals surface area contributed by atoms with Crippen molar-refractivity contribution in [3.63, 3.8) is 0 Å². The lowest BCUT2D eigenvalue weighted by Crippen LogP contribution is -2.31. The molecule has 4 nitrogen and oxygen atoms in total. The molecule has 0 aliphatic rings. The van der Waals surface area contributed by atoms with Crippen LogP contribution in [0.15, 0.2) is 29.8 Å². The molecule has 0 unspecified atom stereocenters. The first-order chi connectivity index (χ1) is 9.49. The number of nitrogens with zero attached hydrogens (tertiary/aromatic N) is 2. The van der Waals surface area contributed by atoms with Gasteiger partial charge in [0.25, 0.3) is 0 Å². The number of aromatic carboxylic acids is 1. The number of carboxylic acids is 1. The highest BCUT2D eigenvalue weighted by Crippen LogP contribution is 2.26. The van der Waals surface area contributed by atoms with E-state index in [1.54, 1.807) is 11.3 Å². The van der Waals surface area contributed by atoms with Crippen molar-refractivity contribution in [1.82, 2.24) is 4.98 Å². The molecule has 0 atom stereocenters. The normalized spacial score (nSPS) is 10.8. The van der Waals surface area contributed by atoms with Gasteiger partial charge in [0.1, 0.15) is 5.56 Å². The molecule has 0 aliphatic heterocycles. The molecule has 0 spiro atoms. The Bertz CT molecular complexity index is 594. The lowest BCUT2D eigenvalue weighted by atomic mass is 10.1. The van der Waals surface area contributed by atoms with Gasteiger partial charge in [0.05, 0.1) is 12.2 Å². The van der Waals surface area contributed by atoms with Crippen molar-refractivity contribution in [2.75, 3.05) is 4.90 Å². The molecule has 0 saturated carbocycles. The summed E-state index contributed by atoms with van der Waals surface area (Å²) in [6.07, 6.45) is 1.44. The summed E-state index contributed by atoms with van der Waals surface area (Å²) in [4.78, 5) is 18.8. The van der Waals surface area contributed by atoms with Crippen molar-refractivity contribution in [3.8, 4) is 0 Å². The predicted octanol–water partition coefficient (Wildman–Crippen LogP) is 3.56. The number of carbonyl (C=O) groups is 1. The first-order valence-corrected chi connectivity index (χ1v) is 7.36. The van der Waals surface area contributed by atoms with Gasteiger partial charge in [0.2, 0.25) is 0 Å². The van der Waals surface area contributed by atoms with Gasteiger partial charge in [-0.15, -0.1) is 11.3 Å². The van der Waals surface area contributed by atoms with Crippen molar-refractivity contribution >= 4 is 23.0 Å². The molecule has 5 heteroatoms. The topological polar surface area (TPSA) is 53.4 Å². The summed E-state index contributed by atoms with van der Waals surface area (Å²) in [5, 5.41) is 11.4. The van der Waals surface area contributed by atoms with E-state index in [0.717, 1.165) is 11.4 Å². The molecule has 0 saturated heterocycles. The summed E-state index contributed by atoms with van der Waals surface area (Å²) < 4.78 is 0.